The van der Waals surface area contributed by atoms with Crippen molar-refractivity contribution < 1.29 is 37.5 Å². The molecule has 0 radical (unpaired) electrons. The standard InChI is InChI=1S/C17H13NO5S.C12H6BrNO3S/c1-2-22-15(19)6-4-11-9-23-13-5-3-10(7-12(11)13)8-14-16(20)18-17(21)24-14;13-8-5-17-9-2-1-6(3-7(8)9)4-10-11(15)14-12(16)18-10/h3-9H,2H2,1H3,(H,18,20,21);1-5H,(H,14,15,16). The van der Waals surface area contributed by atoms with Crippen LogP contribution in [0.4, 0.5) is 9.59 Å². The van der Waals surface area contributed by atoms with Gasteiger partial charge in [0.2, 0.25) is 0 Å². The third kappa shape index (κ3) is 6.75. The molecular formula is C29H19BrN2O8S2. The van der Waals surface area contributed by atoms with E-state index in [1.807, 2.05) is 24.3 Å². The molecule has 2 saturated heterocycles. The van der Waals surface area contributed by atoms with E-state index in [9.17, 15) is 24.0 Å². The van der Waals surface area contributed by atoms with Crippen LogP contribution in [0.5, 0.6) is 0 Å². The number of esters is 1. The van der Waals surface area contributed by atoms with E-state index >= 15 is 0 Å². The van der Waals surface area contributed by atoms with E-state index in [0.717, 1.165) is 61.0 Å². The van der Waals surface area contributed by atoms with E-state index in [1.54, 1.807) is 43.5 Å². The van der Waals surface area contributed by atoms with Gasteiger partial charge in [-0.15, -0.1) is 0 Å². The van der Waals surface area contributed by atoms with E-state index in [2.05, 4.69) is 26.6 Å². The number of carbonyl (C=O) groups excluding carboxylic acids is 5. The summed E-state index contributed by atoms with van der Waals surface area (Å²) in [4.78, 5) is 57.4. The molecule has 2 N–H and O–H groups in total. The number of amides is 4. The molecule has 2 aromatic heterocycles. The van der Waals surface area contributed by atoms with E-state index in [0.29, 0.717) is 22.0 Å². The van der Waals surface area contributed by atoms with Crippen LogP contribution in [0, 0.1) is 0 Å². The SMILES string of the molecule is CCOC(=O)C=Cc1coc2ccc(C=C3SC(=O)NC3=O)cc12.O=C1NC(=O)C(=Cc2ccc3occ(Br)c3c2)S1. The highest BCUT2D eigenvalue weighted by Gasteiger charge is 2.25. The first-order valence-electron chi connectivity index (χ1n) is 12.2. The van der Waals surface area contributed by atoms with Gasteiger partial charge in [0.05, 0.1) is 27.2 Å². The second-order valence-electron chi connectivity index (χ2n) is 8.58. The lowest BCUT2D eigenvalue weighted by Crippen LogP contribution is -2.17. The molecule has 2 aromatic carbocycles. The summed E-state index contributed by atoms with van der Waals surface area (Å²) in [6, 6.07) is 10.9. The third-order valence-electron chi connectivity index (χ3n) is 5.74. The molecule has 0 bridgehead atoms. The van der Waals surface area contributed by atoms with Crippen LogP contribution in [0.3, 0.4) is 0 Å². The molecule has 0 spiro atoms. The number of benzene rings is 2. The summed E-state index contributed by atoms with van der Waals surface area (Å²) in [6.45, 7) is 2.05. The Hall–Kier alpha value is -4.33. The van der Waals surface area contributed by atoms with Gasteiger partial charge in [0.15, 0.2) is 0 Å². The summed E-state index contributed by atoms with van der Waals surface area (Å²) >= 11 is 5.15. The number of hydrogen-bond donors (Lipinski definition) is 2. The van der Waals surface area contributed by atoms with Crippen LogP contribution in [-0.4, -0.2) is 34.9 Å². The lowest BCUT2D eigenvalue weighted by Gasteiger charge is -1.97. The fourth-order valence-corrected chi connectivity index (χ4v) is 5.65. The van der Waals surface area contributed by atoms with Crippen molar-refractivity contribution >= 4 is 108 Å². The number of fused-ring (bicyclic) bond motifs is 2. The number of rotatable bonds is 5. The van der Waals surface area contributed by atoms with Gasteiger partial charge in [0.25, 0.3) is 22.3 Å². The molecule has 4 heterocycles. The Bertz CT molecular complexity index is 1870. The Morgan fingerprint density at radius 2 is 1.40 bits per heavy atom. The van der Waals surface area contributed by atoms with Gasteiger partial charge in [-0.1, -0.05) is 12.1 Å². The van der Waals surface area contributed by atoms with Gasteiger partial charge >= 0.3 is 5.97 Å². The van der Waals surface area contributed by atoms with Crippen LogP contribution < -0.4 is 10.6 Å². The largest absolute Gasteiger partial charge is 0.464 e. The Balaban J connectivity index is 0.000000175. The van der Waals surface area contributed by atoms with E-state index in [4.69, 9.17) is 13.6 Å². The fourth-order valence-electron chi connectivity index (χ4n) is 3.88. The van der Waals surface area contributed by atoms with Crippen LogP contribution in [0.1, 0.15) is 23.6 Å². The normalized spacial score (nSPS) is 16.9. The molecule has 6 rings (SSSR count). The van der Waals surface area contributed by atoms with Crippen LogP contribution in [-0.2, 0) is 19.1 Å². The van der Waals surface area contributed by atoms with Crippen molar-refractivity contribution in [3.8, 4) is 0 Å². The molecule has 2 fully saturated rings. The van der Waals surface area contributed by atoms with Gasteiger partial charge in [-0.3, -0.25) is 29.8 Å². The summed E-state index contributed by atoms with van der Waals surface area (Å²) in [6.07, 6.45) is 9.42. The van der Waals surface area contributed by atoms with Crippen LogP contribution in [0.25, 0.3) is 40.2 Å². The molecule has 0 atom stereocenters. The highest BCUT2D eigenvalue weighted by Crippen LogP contribution is 2.31. The van der Waals surface area contributed by atoms with E-state index in [1.165, 1.54) is 12.3 Å². The zero-order valence-corrected chi connectivity index (χ0v) is 24.8. The van der Waals surface area contributed by atoms with Gasteiger partial charge in [-0.05, 0) is 100.0 Å². The molecule has 13 heteroatoms. The maximum atomic E-state index is 11.6. The Morgan fingerprint density at radius 3 is 1.95 bits per heavy atom. The topological polar surface area (TPSA) is 145 Å². The van der Waals surface area contributed by atoms with E-state index in [-0.39, 0.29) is 16.4 Å². The van der Waals surface area contributed by atoms with Gasteiger partial charge in [-0.2, -0.15) is 0 Å². The minimum Gasteiger partial charge on any atom is -0.464 e. The summed E-state index contributed by atoms with van der Waals surface area (Å²) in [5.41, 5.74) is 3.74. The van der Waals surface area contributed by atoms with Crippen molar-refractivity contribution in [2.45, 2.75) is 6.92 Å². The fraction of sp³-hybridized carbons (Fsp3) is 0.0690. The van der Waals surface area contributed by atoms with Crippen molar-refractivity contribution in [1.29, 1.82) is 0 Å². The smallest absolute Gasteiger partial charge is 0.330 e. The predicted octanol–water partition coefficient (Wildman–Crippen LogP) is 6.85. The molecule has 4 aromatic rings. The monoisotopic (exact) mass is 666 g/mol. The molecule has 212 valence electrons. The molecule has 0 aliphatic carbocycles. The average molecular weight is 668 g/mol. The van der Waals surface area contributed by atoms with Crippen LogP contribution in [0.15, 0.2) is 78.1 Å². The van der Waals surface area contributed by atoms with Gasteiger partial charge in [0.1, 0.15) is 17.4 Å². The lowest BCUT2D eigenvalue weighted by atomic mass is 10.1. The van der Waals surface area contributed by atoms with E-state index < -0.39 is 11.9 Å². The van der Waals surface area contributed by atoms with Gasteiger partial charge < -0.3 is 13.6 Å². The molecule has 2 aliphatic heterocycles. The molecule has 4 amide bonds. The maximum Gasteiger partial charge on any atom is 0.330 e. The van der Waals surface area contributed by atoms with Crippen LogP contribution in [0.2, 0.25) is 0 Å². The summed E-state index contributed by atoms with van der Waals surface area (Å²) in [5, 5.41) is 5.43. The summed E-state index contributed by atoms with van der Waals surface area (Å²) in [7, 11) is 0. The first kappa shape index (κ1) is 29.2. The minimum absolute atomic E-state index is 0.311. The van der Waals surface area contributed by atoms with Crippen molar-refractivity contribution in [2.75, 3.05) is 6.61 Å². The Labute approximate surface area is 254 Å². The molecule has 42 heavy (non-hydrogen) atoms. The maximum absolute atomic E-state index is 11.6. The number of nitrogens with one attached hydrogen (secondary N) is 2. The molecule has 10 nitrogen and oxygen atoms in total. The highest BCUT2D eigenvalue weighted by molar-refractivity contribution is 9.10. The number of halogens is 1. The molecular weight excluding hydrogens is 648 g/mol. The molecule has 0 unspecified atom stereocenters. The quantitative estimate of drug-likeness (QED) is 0.171. The van der Waals surface area contributed by atoms with Crippen molar-refractivity contribution in [1.82, 2.24) is 10.6 Å². The number of furan rings is 2. The highest BCUT2D eigenvalue weighted by atomic mass is 79.9. The Kier molecular flexibility index (Phi) is 8.80. The molecule has 2 aliphatic rings. The van der Waals surface area contributed by atoms with Crippen molar-refractivity contribution in [3.63, 3.8) is 0 Å². The number of ether oxygens (including phenoxy) is 1. The Morgan fingerprint density at radius 1 is 0.857 bits per heavy atom. The first-order valence-corrected chi connectivity index (χ1v) is 14.7. The summed E-state index contributed by atoms with van der Waals surface area (Å²) < 4.78 is 16.4. The number of carbonyl (C=O) groups is 5. The molecule has 0 saturated carbocycles. The second kappa shape index (κ2) is 12.7. The predicted molar refractivity (Wildman–Crippen MR) is 164 cm³/mol. The van der Waals surface area contributed by atoms with Crippen molar-refractivity contribution in [3.05, 3.63) is 86.0 Å². The zero-order chi connectivity index (χ0) is 29.8. The van der Waals surface area contributed by atoms with Gasteiger partial charge in [-0.25, -0.2) is 4.79 Å². The minimum atomic E-state index is -0.428. The second-order valence-corrected chi connectivity index (χ2v) is 11.5. The number of hydrogen-bond acceptors (Lipinski definition) is 10. The lowest BCUT2D eigenvalue weighted by molar-refractivity contribution is -0.137. The zero-order valence-electron chi connectivity index (χ0n) is 21.6. The summed E-state index contributed by atoms with van der Waals surface area (Å²) in [5.74, 6) is -1.18. The van der Waals surface area contributed by atoms with Crippen molar-refractivity contribution in [2.24, 2.45) is 0 Å². The van der Waals surface area contributed by atoms with Gasteiger partial charge in [0, 0.05) is 22.4 Å². The van der Waals surface area contributed by atoms with Crippen LogP contribution >= 0.6 is 39.5 Å². The first-order chi connectivity index (χ1) is 20.2. The average Bonchev–Trinajstić information content (AvgIpc) is 3.70. The number of imide groups is 2. The third-order valence-corrected chi connectivity index (χ3v) is 7.98. The number of thioether (sulfide) groups is 2.